The summed E-state index contributed by atoms with van der Waals surface area (Å²) in [5, 5.41) is 0.0383. The van der Waals surface area contributed by atoms with Crippen molar-refractivity contribution in [3.8, 4) is 0 Å². The number of benzene rings is 2. The van der Waals surface area contributed by atoms with E-state index in [0.717, 1.165) is 29.8 Å². The van der Waals surface area contributed by atoms with Crippen LogP contribution in [0.4, 0.5) is 5.69 Å². The number of halogens is 2. The number of carbonyl (C=O) groups excluding carboxylic acids is 2. The van der Waals surface area contributed by atoms with Crippen molar-refractivity contribution in [3.05, 3.63) is 57.5 Å². The van der Waals surface area contributed by atoms with Crippen LogP contribution in [-0.2, 0) is 19.6 Å². The van der Waals surface area contributed by atoms with Crippen LogP contribution in [0.5, 0.6) is 0 Å². The fraction of sp³-hybridized carbons (Fsp3) is 0.440. The minimum absolute atomic E-state index is 0.0383. The molecule has 0 aromatic heterocycles. The zero-order valence-corrected chi connectivity index (χ0v) is 23.0. The van der Waals surface area contributed by atoms with Crippen molar-refractivity contribution >= 4 is 55.1 Å². The van der Waals surface area contributed by atoms with Gasteiger partial charge in [0, 0.05) is 22.7 Å². The van der Waals surface area contributed by atoms with Gasteiger partial charge in [0.05, 0.1) is 15.5 Å². The Morgan fingerprint density at radius 3 is 2.51 bits per heavy atom. The molecule has 1 aliphatic heterocycles. The van der Waals surface area contributed by atoms with Crippen molar-refractivity contribution in [1.82, 2.24) is 4.90 Å². The minimum atomic E-state index is -3.98. The largest absolute Gasteiger partial charge is 0.452 e. The Morgan fingerprint density at radius 2 is 1.83 bits per heavy atom. The topological polar surface area (TPSA) is 92.8 Å². The third-order valence-corrected chi connectivity index (χ3v) is 8.86. The number of ether oxygens (including phenoxy) is 1. The van der Waals surface area contributed by atoms with E-state index in [2.05, 4.69) is 41.4 Å². The zero-order valence-electron chi connectivity index (χ0n) is 19.8. The van der Waals surface area contributed by atoms with Gasteiger partial charge in [-0.15, -0.1) is 0 Å². The maximum atomic E-state index is 12.9. The van der Waals surface area contributed by atoms with Gasteiger partial charge in [-0.3, -0.25) is 9.52 Å². The number of sulfonamides is 1. The summed E-state index contributed by atoms with van der Waals surface area (Å²) in [7, 11) is -3.98. The Balaban J connectivity index is 1.44. The molecule has 0 radical (unpaired) electrons. The molecule has 1 amide bonds. The van der Waals surface area contributed by atoms with Crippen molar-refractivity contribution < 1.29 is 22.7 Å². The van der Waals surface area contributed by atoms with Gasteiger partial charge in [-0.05, 0) is 72.6 Å². The number of anilines is 1. The highest BCUT2D eigenvalue weighted by Gasteiger charge is 2.50. The molecule has 1 aliphatic carbocycles. The third-order valence-electron chi connectivity index (χ3n) is 6.63. The van der Waals surface area contributed by atoms with E-state index in [-0.39, 0.29) is 38.3 Å². The lowest BCUT2D eigenvalue weighted by atomic mass is 9.65. The highest BCUT2D eigenvalue weighted by molar-refractivity contribution is 9.10. The molecule has 188 valence electrons. The first kappa shape index (κ1) is 26.0. The molecule has 10 heteroatoms. The summed E-state index contributed by atoms with van der Waals surface area (Å²) in [6, 6.07) is 10.5. The summed E-state index contributed by atoms with van der Waals surface area (Å²) in [5.74, 6) is -1.10. The van der Waals surface area contributed by atoms with Crippen molar-refractivity contribution in [1.29, 1.82) is 0 Å². The van der Waals surface area contributed by atoms with Crippen LogP contribution < -0.4 is 4.72 Å². The van der Waals surface area contributed by atoms with Crippen LogP contribution in [0.25, 0.3) is 0 Å². The van der Waals surface area contributed by atoms with Crippen LogP contribution in [0, 0.1) is 10.8 Å². The van der Waals surface area contributed by atoms with E-state index in [1.54, 1.807) is 24.3 Å². The van der Waals surface area contributed by atoms with Crippen molar-refractivity contribution in [2.45, 2.75) is 51.0 Å². The van der Waals surface area contributed by atoms with Crippen LogP contribution in [0.2, 0.25) is 5.02 Å². The van der Waals surface area contributed by atoms with Crippen LogP contribution in [0.1, 0.15) is 50.4 Å². The Bertz CT molecular complexity index is 1270. The summed E-state index contributed by atoms with van der Waals surface area (Å²) >= 11 is 9.47. The molecule has 1 N–H and O–H groups in total. The standard InChI is InChI=1S/C25H28BrClN2O5S/c1-24(2)11-18-12-25(3,14-24)15-29(18)22(30)13-34-23(31)20-10-19(8-9-21(20)27)35(32,33)28-17-6-4-16(26)5-7-17/h4-10,18,28H,11-15H2,1-3H3. The van der Waals surface area contributed by atoms with E-state index in [1.807, 2.05) is 4.90 Å². The maximum Gasteiger partial charge on any atom is 0.340 e. The Morgan fingerprint density at radius 1 is 1.14 bits per heavy atom. The maximum absolute atomic E-state index is 12.9. The lowest BCUT2D eigenvalue weighted by molar-refractivity contribution is -0.135. The fourth-order valence-corrected chi connectivity index (χ4v) is 7.14. The second kappa shape index (κ2) is 9.41. The van der Waals surface area contributed by atoms with Gasteiger partial charge in [-0.2, -0.15) is 0 Å². The molecular formula is C25H28BrClN2O5S. The summed E-state index contributed by atoms with van der Waals surface area (Å²) < 4.78 is 34.2. The van der Waals surface area contributed by atoms with Gasteiger partial charge in [0.25, 0.3) is 15.9 Å². The second-order valence-corrected chi connectivity index (χ2v) is 13.6. The van der Waals surface area contributed by atoms with Gasteiger partial charge in [0.2, 0.25) is 0 Å². The zero-order chi connectivity index (χ0) is 25.6. The van der Waals surface area contributed by atoms with Gasteiger partial charge in [-0.25, -0.2) is 13.2 Å². The molecule has 2 aromatic carbocycles. The number of likely N-dealkylation sites (tertiary alicyclic amines) is 1. The SMILES string of the molecule is CC1(C)CC2CC(C)(CN2C(=O)COC(=O)c2cc(S(=O)(=O)Nc3ccc(Br)cc3)ccc2Cl)C1. The van der Waals surface area contributed by atoms with E-state index in [9.17, 15) is 18.0 Å². The van der Waals surface area contributed by atoms with Crippen LogP contribution >= 0.6 is 27.5 Å². The first-order valence-corrected chi connectivity index (χ1v) is 14.0. The number of carbonyl (C=O) groups is 2. The van der Waals surface area contributed by atoms with E-state index < -0.39 is 22.6 Å². The minimum Gasteiger partial charge on any atom is -0.452 e. The van der Waals surface area contributed by atoms with Crippen LogP contribution in [-0.4, -0.2) is 44.4 Å². The molecule has 35 heavy (non-hydrogen) atoms. The molecule has 1 saturated carbocycles. The molecule has 2 fully saturated rings. The molecule has 1 saturated heterocycles. The molecule has 2 aromatic rings. The van der Waals surface area contributed by atoms with Crippen molar-refractivity contribution in [2.24, 2.45) is 10.8 Å². The van der Waals surface area contributed by atoms with Crippen molar-refractivity contribution in [2.75, 3.05) is 17.9 Å². The average Bonchev–Trinajstić information content (AvgIpc) is 3.02. The highest BCUT2D eigenvalue weighted by atomic mass is 79.9. The predicted octanol–water partition coefficient (Wildman–Crippen LogP) is 5.49. The third kappa shape index (κ3) is 5.84. The second-order valence-electron chi connectivity index (χ2n) is 10.6. The number of fused-ring (bicyclic) bond motifs is 2. The summed E-state index contributed by atoms with van der Waals surface area (Å²) in [6.07, 6.45) is 2.91. The summed E-state index contributed by atoms with van der Waals surface area (Å²) in [4.78, 5) is 27.4. The van der Waals surface area contributed by atoms with Gasteiger partial charge in [0.1, 0.15) is 0 Å². The van der Waals surface area contributed by atoms with Gasteiger partial charge >= 0.3 is 5.97 Å². The summed E-state index contributed by atoms with van der Waals surface area (Å²) in [5.41, 5.74) is 0.476. The predicted molar refractivity (Wildman–Crippen MR) is 138 cm³/mol. The smallest absolute Gasteiger partial charge is 0.340 e. The van der Waals surface area contributed by atoms with Gasteiger partial charge in [0.15, 0.2) is 6.61 Å². The first-order valence-electron chi connectivity index (χ1n) is 11.3. The number of hydrogen-bond acceptors (Lipinski definition) is 5. The highest BCUT2D eigenvalue weighted by Crippen LogP contribution is 2.52. The molecule has 1 heterocycles. The monoisotopic (exact) mass is 582 g/mol. The van der Waals surface area contributed by atoms with Crippen LogP contribution in [0.3, 0.4) is 0 Å². The quantitative estimate of drug-likeness (QED) is 0.454. The number of hydrogen-bond donors (Lipinski definition) is 1. The Labute approximate surface area is 219 Å². The summed E-state index contributed by atoms with van der Waals surface area (Å²) in [6.45, 7) is 6.87. The van der Waals surface area contributed by atoms with E-state index >= 15 is 0 Å². The average molecular weight is 584 g/mol. The van der Waals surface area contributed by atoms with E-state index in [1.165, 1.54) is 12.1 Å². The molecule has 2 atom stereocenters. The number of nitrogens with one attached hydrogen (secondary N) is 1. The molecule has 2 bridgehead atoms. The van der Waals surface area contributed by atoms with E-state index in [4.69, 9.17) is 16.3 Å². The van der Waals surface area contributed by atoms with Gasteiger partial charge in [-0.1, -0.05) is 48.3 Å². The Hall–Kier alpha value is -2.10. The lowest BCUT2D eigenvalue weighted by Gasteiger charge is -2.39. The van der Waals surface area contributed by atoms with Crippen LogP contribution in [0.15, 0.2) is 51.8 Å². The molecule has 2 unspecified atom stereocenters. The number of nitrogens with zero attached hydrogens (tertiary/aromatic N) is 1. The number of amides is 1. The molecule has 0 spiro atoms. The van der Waals surface area contributed by atoms with Gasteiger partial charge < -0.3 is 9.64 Å². The molecular weight excluding hydrogens is 556 g/mol. The molecule has 7 nitrogen and oxygen atoms in total. The first-order chi connectivity index (χ1) is 16.3. The molecule has 2 aliphatic rings. The fourth-order valence-electron chi connectivity index (χ4n) is 5.60. The normalized spacial score (nSPS) is 23.1. The number of rotatable bonds is 6. The van der Waals surface area contributed by atoms with E-state index in [0.29, 0.717) is 12.2 Å². The number of esters is 1. The Kier molecular flexibility index (Phi) is 6.98. The molecule has 4 rings (SSSR count). The van der Waals surface area contributed by atoms with Crippen molar-refractivity contribution in [3.63, 3.8) is 0 Å². The lowest BCUT2D eigenvalue weighted by Crippen LogP contribution is -2.39.